The highest BCUT2D eigenvalue weighted by Crippen LogP contribution is 2.30. The number of pyridine rings is 1. The minimum Gasteiger partial charge on any atom is -0.382 e. The number of nitrogens with two attached hydrogens (primary N) is 1. The Balaban J connectivity index is 1.93. The molecule has 0 aliphatic rings. The number of rotatable bonds is 2. The third-order valence-electron chi connectivity index (χ3n) is 4.19. The number of aryl methyl sites for hydroxylation is 2. The van der Waals surface area contributed by atoms with Gasteiger partial charge in [0.25, 0.3) is 0 Å². The fraction of sp³-hybridized carbons (Fsp3) is 0.105. The van der Waals surface area contributed by atoms with Crippen molar-refractivity contribution >= 4 is 11.5 Å². The Labute approximate surface area is 139 Å². The van der Waals surface area contributed by atoms with Crippen LogP contribution in [0.3, 0.4) is 0 Å². The molecule has 0 saturated carbocycles. The van der Waals surface area contributed by atoms with E-state index in [0.29, 0.717) is 11.5 Å². The largest absolute Gasteiger partial charge is 0.382 e. The number of nitrogen functional groups attached to an aromatic ring is 1. The molecule has 4 aromatic rings. The molecule has 0 aliphatic carbocycles. The van der Waals surface area contributed by atoms with Crippen LogP contribution in [0.4, 0.5) is 5.82 Å². The van der Waals surface area contributed by atoms with Gasteiger partial charge < -0.3 is 5.73 Å². The van der Waals surface area contributed by atoms with Crippen LogP contribution in [0, 0.1) is 13.8 Å². The van der Waals surface area contributed by atoms with Gasteiger partial charge in [-0.2, -0.15) is 0 Å². The van der Waals surface area contributed by atoms with E-state index in [4.69, 9.17) is 5.73 Å². The summed E-state index contributed by atoms with van der Waals surface area (Å²) in [5.74, 6) is 0.430. The zero-order chi connectivity index (χ0) is 16.7. The van der Waals surface area contributed by atoms with E-state index in [1.54, 1.807) is 10.7 Å². The molecule has 0 saturated heterocycles. The monoisotopic (exact) mass is 315 g/mol. The van der Waals surface area contributed by atoms with Gasteiger partial charge in [0.2, 0.25) is 0 Å². The van der Waals surface area contributed by atoms with E-state index >= 15 is 0 Å². The molecule has 0 unspecified atom stereocenters. The van der Waals surface area contributed by atoms with Crippen LogP contribution in [0.25, 0.3) is 28.0 Å². The van der Waals surface area contributed by atoms with Crippen molar-refractivity contribution in [3.05, 3.63) is 66.1 Å². The topological polar surface area (TPSA) is 69.1 Å². The van der Waals surface area contributed by atoms with Gasteiger partial charge in [-0.15, -0.1) is 5.10 Å². The second-order valence-electron chi connectivity index (χ2n) is 5.85. The van der Waals surface area contributed by atoms with Crippen molar-refractivity contribution < 1.29 is 0 Å². The number of benzene rings is 1. The molecule has 0 bridgehead atoms. The molecule has 24 heavy (non-hydrogen) atoms. The molecule has 3 aromatic heterocycles. The zero-order valence-corrected chi connectivity index (χ0v) is 13.6. The Bertz CT molecular complexity index is 1010. The predicted octanol–water partition coefficient (Wildman–Crippen LogP) is 3.66. The Kier molecular flexibility index (Phi) is 3.27. The van der Waals surface area contributed by atoms with Crippen molar-refractivity contribution in [1.82, 2.24) is 19.6 Å². The van der Waals surface area contributed by atoms with E-state index in [0.717, 1.165) is 16.8 Å². The molecular weight excluding hydrogens is 298 g/mol. The molecule has 5 heteroatoms. The summed E-state index contributed by atoms with van der Waals surface area (Å²) in [5, 5.41) is 4.43. The van der Waals surface area contributed by atoms with Crippen molar-refractivity contribution in [2.45, 2.75) is 13.8 Å². The van der Waals surface area contributed by atoms with Gasteiger partial charge in [0.05, 0.1) is 11.3 Å². The van der Waals surface area contributed by atoms with Gasteiger partial charge in [-0.05, 0) is 42.7 Å². The van der Waals surface area contributed by atoms with Crippen molar-refractivity contribution in [3.8, 4) is 22.4 Å². The molecule has 0 fully saturated rings. The first-order chi connectivity index (χ1) is 11.6. The van der Waals surface area contributed by atoms with E-state index < -0.39 is 0 Å². The standard InChI is InChI=1S/C19H17N5/c1-12-6-5-7-13(2)16(12)14-10-22-19-17(15-8-3-4-9-21-15)18(20)23-24(19)11-14/h3-11H,1-2H3,(H2,20,23). The maximum absolute atomic E-state index is 6.12. The molecule has 0 spiro atoms. The summed E-state index contributed by atoms with van der Waals surface area (Å²) in [6.45, 7) is 4.20. The molecule has 5 nitrogen and oxygen atoms in total. The summed E-state index contributed by atoms with van der Waals surface area (Å²) >= 11 is 0. The molecular formula is C19H17N5. The minimum absolute atomic E-state index is 0.430. The van der Waals surface area contributed by atoms with Crippen LogP contribution in [0.5, 0.6) is 0 Å². The smallest absolute Gasteiger partial charge is 0.166 e. The summed E-state index contributed by atoms with van der Waals surface area (Å²) in [4.78, 5) is 8.99. The van der Waals surface area contributed by atoms with Crippen molar-refractivity contribution in [2.24, 2.45) is 0 Å². The summed E-state index contributed by atoms with van der Waals surface area (Å²) in [6, 6.07) is 12.0. The third kappa shape index (κ3) is 2.22. The molecule has 1 aromatic carbocycles. The van der Waals surface area contributed by atoms with Gasteiger partial charge in [-0.1, -0.05) is 24.3 Å². The second-order valence-corrected chi connectivity index (χ2v) is 5.85. The quantitative estimate of drug-likeness (QED) is 0.613. The SMILES string of the molecule is Cc1cccc(C)c1-c1cnc2c(-c3ccccn3)c(N)nn2c1. The van der Waals surface area contributed by atoms with E-state index in [1.807, 2.05) is 30.6 Å². The lowest BCUT2D eigenvalue weighted by molar-refractivity contribution is 0.946. The summed E-state index contributed by atoms with van der Waals surface area (Å²) in [7, 11) is 0. The van der Waals surface area contributed by atoms with Crippen LogP contribution in [0.2, 0.25) is 0 Å². The Morgan fingerprint density at radius 3 is 2.42 bits per heavy atom. The molecule has 118 valence electrons. The molecule has 2 N–H and O–H groups in total. The number of nitrogens with zero attached hydrogens (tertiary/aromatic N) is 4. The summed E-state index contributed by atoms with van der Waals surface area (Å²) < 4.78 is 1.74. The van der Waals surface area contributed by atoms with Crippen LogP contribution in [-0.2, 0) is 0 Å². The highest BCUT2D eigenvalue weighted by molar-refractivity contribution is 5.85. The maximum Gasteiger partial charge on any atom is 0.166 e. The van der Waals surface area contributed by atoms with Gasteiger partial charge in [-0.25, -0.2) is 9.50 Å². The van der Waals surface area contributed by atoms with Crippen LogP contribution in [0.15, 0.2) is 55.0 Å². The number of aromatic nitrogens is 4. The molecule has 0 atom stereocenters. The first-order valence-corrected chi connectivity index (χ1v) is 7.77. The van der Waals surface area contributed by atoms with Gasteiger partial charge in [-0.3, -0.25) is 4.98 Å². The number of hydrogen-bond acceptors (Lipinski definition) is 4. The summed E-state index contributed by atoms with van der Waals surface area (Å²) in [5.41, 5.74) is 13.0. The molecule has 3 heterocycles. The van der Waals surface area contributed by atoms with Gasteiger partial charge in [0, 0.05) is 24.2 Å². The van der Waals surface area contributed by atoms with E-state index in [1.165, 1.54) is 16.7 Å². The lowest BCUT2D eigenvalue weighted by atomic mass is 9.98. The fourth-order valence-electron chi connectivity index (χ4n) is 3.11. The number of fused-ring (bicyclic) bond motifs is 1. The highest BCUT2D eigenvalue weighted by Gasteiger charge is 2.16. The Hall–Kier alpha value is -3.21. The van der Waals surface area contributed by atoms with Gasteiger partial charge in [0.1, 0.15) is 0 Å². The molecule has 4 rings (SSSR count). The average molecular weight is 315 g/mol. The normalized spacial score (nSPS) is 11.1. The highest BCUT2D eigenvalue weighted by atomic mass is 15.3. The summed E-state index contributed by atoms with van der Waals surface area (Å²) in [6.07, 6.45) is 5.59. The average Bonchev–Trinajstić information content (AvgIpc) is 2.90. The van der Waals surface area contributed by atoms with Crippen LogP contribution in [0.1, 0.15) is 11.1 Å². The first kappa shape index (κ1) is 14.4. The van der Waals surface area contributed by atoms with Crippen LogP contribution < -0.4 is 5.73 Å². The van der Waals surface area contributed by atoms with Gasteiger partial charge in [0.15, 0.2) is 11.5 Å². The number of hydrogen-bond donors (Lipinski definition) is 1. The Morgan fingerprint density at radius 2 is 1.71 bits per heavy atom. The van der Waals surface area contributed by atoms with Crippen molar-refractivity contribution in [3.63, 3.8) is 0 Å². The van der Waals surface area contributed by atoms with Crippen LogP contribution in [-0.4, -0.2) is 19.6 Å². The Morgan fingerprint density at radius 1 is 0.917 bits per heavy atom. The maximum atomic E-state index is 6.12. The predicted molar refractivity (Wildman–Crippen MR) is 95.5 cm³/mol. The van der Waals surface area contributed by atoms with Gasteiger partial charge >= 0.3 is 0 Å². The van der Waals surface area contributed by atoms with E-state index in [2.05, 4.69) is 47.1 Å². The lowest BCUT2D eigenvalue weighted by Crippen LogP contribution is -1.95. The molecule has 0 amide bonds. The third-order valence-corrected chi connectivity index (χ3v) is 4.19. The minimum atomic E-state index is 0.430. The van der Waals surface area contributed by atoms with Crippen molar-refractivity contribution in [1.29, 1.82) is 0 Å². The van der Waals surface area contributed by atoms with E-state index in [9.17, 15) is 0 Å². The second kappa shape index (κ2) is 5.45. The van der Waals surface area contributed by atoms with E-state index in [-0.39, 0.29) is 0 Å². The van der Waals surface area contributed by atoms with Crippen LogP contribution >= 0.6 is 0 Å². The molecule has 0 aliphatic heterocycles. The molecule has 0 radical (unpaired) electrons. The van der Waals surface area contributed by atoms with Crippen molar-refractivity contribution in [2.75, 3.05) is 5.73 Å². The fourth-order valence-corrected chi connectivity index (χ4v) is 3.11. The zero-order valence-electron chi connectivity index (χ0n) is 13.6. The lowest BCUT2D eigenvalue weighted by Gasteiger charge is -2.09. The first-order valence-electron chi connectivity index (χ1n) is 7.77. The number of anilines is 1.